The van der Waals surface area contributed by atoms with Crippen LogP contribution in [0.1, 0.15) is 29.3 Å². The van der Waals surface area contributed by atoms with Gasteiger partial charge in [-0.1, -0.05) is 18.2 Å². The van der Waals surface area contributed by atoms with E-state index in [9.17, 15) is 9.59 Å². The zero-order valence-electron chi connectivity index (χ0n) is 15.1. The molecule has 0 aliphatic heterocycles. The molecule has 0 aliphatic rings. The topological polar surface area (TPSA) is 76.7 Å². The van der Waals surface area contributed by atoms with Gasteiger partial charge in [-0.15, -0.1) is 0 Å². The van der Waals surface area contributed by atoms with Crippen LogP contribution in [0.2, 0.25) is 0 Å². The fourth-order valence-electron chi connectivity index (χ4n) is 2.40. The van der Waals surface area contributed by atoms with Gasteiger partial charge in [0.15, 0.2) is 0 Å². The van der Waals surface area contributed by atoms with Gasteiger partial charge in [0.2, 0.25) is 5.91 Å². The first kappa shape index (κ1) is 19.5. The third-order valence-corrected chi connectivity index (χ3v) is 3.72. The first-order chi connectivity index (χ1) is 12.6. The number of anilines is 1. The number of amides is 1. The van der Waals surface area contributed by atoms with Crippen molar-refractivity contribution in [1.29, 1.82) is 0 Å². The van der Waals surface area contributed by atoms with Gasteiger partial charge in [-0.05, 0) is 37.3 Å². The van der Waals surface area contributed by atoms with Crippen LogP contribution in [0.4, 0.5) is 5.69 Å². The molecule has 0 radical (unpaired) electrons. The summed E-state index contributed by atoms with van der Waals surface area (Å²) < 4.78 is 10.2. The Balaban J connectivity index is 1.74. The number of nitrogens with one attached hydrogen (secondary N) is 2. The molecule has 0 unspecified atom stereocenters. The lowest BCUT2D eigenvalue weighted by Gasteiger charge is -2.10. The molecule has 6 nitrogen and oxygen atoms in total. The van der Waals surface area contributed by atoms with Crippen molar-refractivity contribution in [2.24, 2.45) is 0 Å². The van der Waals surface area contributed by atoms with E-state index in [1.165, 1.54) is 0 Å². The van der Waals surface area contributed by atoms with Crippen molar-refractivity contribution in [1.82, 2.24) is 5.32 Å². The molecule has 2 aromatic carbocycles. The van der Waals surface area contributed by atoms with Crippen molar-refractivity contribution in [3.63, 3.8) is 0 Å². The molecule has 138 valence electrons. The van der Waals surface area contributed by atoms with Crippen LogP contribution in [-0.2, 0) is 16.1 Å². The van der Waals surface area contributed by atoms with Crippen molar-refractivity contribution in [3.05, 3.63) is 59.7 Å². The summed E-state index contributed by atoms with van der Waals surface area (Å²) in [6, 6.07) is 14.4. The first-order valence-corrected chi connectivity index (χ1v) is 8.53. The van der Waals surface area contributed by atoms with Crippen LogP contribution < -0.4 is 15.4 Å². The van der Waals surface area contributed by atoms with Crippen LogP contribution >= 0.6 is 0 Å². The van der Waals surface area contributed by atoms with Gasteiger partial charge in [0, 0.05) is 30.8 Å². The van der Waals surface area contributed by atoms with Gasteiger partial charge in [-0.25, -0.2) is 4.79 Å². The van der Waals surface area contributed by atoms with Crippen LogP contribution in [0.15, 0.2) is 48.5 Å². The molecule has 26 heavy (non-hydrogen) atoms. The van der Waals surface area contributed by atoms with E-state index < -0.39 is 0 Å². The lowest BCUT2D eigenvalue weighted by atomic mass is 10.2. The van der Waals surface area contributed by atoms with E-state index in [0.717, 1.165) is 11.3 Å². The maximum Gasteiger partial charge on any atom is 0.338 e. The van der Waals surface area contributed by atoms with Crippen molar-refractivity contribution in [2.45, 2.75) is 19.9 Å². The van der Waals surface area contributed by atoms with Crippen molar-refractivity contribution >= 4 is 17.6 Å². The highest BCUT2D eigenvalue weighted by molar-refractivity contribution is 5.93. The number of hydrogen-bond acceptors (Lipinski definition) is 5. The fourth-order valence-corrected chi connectivity index (χ4v) is 2.40. The maximum absolute atomic E-state index is 12.0. The number of ether oxygens (including phenoxy) is 2. The van der Waals surface area contributed by atoms with E-state index in [0.29, 0.717) is 37.4 Å². The molecular weight excluding hydrogens is 332 g/mol. The molecule has 2 rings (SSSR count). The lowest BCUT2D eigenvalue weighted by Crippen LogP contribution is -2.21. The Morgan fingerprint density at radius 3 is 2.46 bits per heavy atom. The third kappa shape index (κ3) is 5.89. The Labute approximate surface area is 153 Å². The van der Waals surface area contributed by atoms with Gasteiger partial charge in [-0.2, -0.15) is 0 Å². The van der Waals surface area contributed by atoms with E-state index in [-0.39, 0.29) is 11.9 Å². The molecular formula is C20H24N2O4. The molecule has 2 aromatic rings. The summed E-state index contributed by atoms with van der Waals surface area (Å²) in [6.45, 7) is 3.27. The second-order valence-electron chi connectivity index (χ2n) is 5.58. The van der Waals surface area contributed by atoms with Crippen LogP contribution in [0, 0.1) is 0 Å². The molecule has 0 bridgehead atoms. The Kier molecular flexibility index (Phi) is 7.64. The molecule has 0 fully saturated rings. The van der Waals surface area contributed by atoms with Crippen molar-refractivity contribution in [2.75, 3.05) is 25.6 Å². The fraction of sp³-hybridized carbons (Fsp3) is 0.300. The highest BCUT2D eigenvalue weighted by Gasteiger charge is 2.07. The first-order valence-electron chi connectivity index (χ1n) is 8.53. The number of carbonyl (C=O) groups is 2. The van der Waals surface area contributed by atoms with Gasteiger partial charge >= 0.3 is 5.97 Å². The number of para-hydroxylation sites is 1. The Hall–Kier alpha value is -2.86. The Bertz CT molecular complexity index is 729. The second kappa shape index (κ2) is 10.2. The summed E-state index contributed by atoms with van der Waals surface area (Å²) in [5.41, 5.74) is 2.15. The summed E-state index contributed by atoms with van der Waals surface area (Å²) in [4.78, 5) is 23.6. The Morgan fingerprint density at radius 1 is 1.04 bits per heavy atom. The summed E-state index contributed by atoms with van der Waals surface area (Å²) in [5, 5.41) is 6.03. The minimum Gasteiger partial charge on any atom is -0.496 e. The minimum atomic E-state index is -0.370. The summed E-state index contributed by atoms with van der Waals surface area (Å²) in [6.07, 6.45) is 0.342. The zero-order chi connectivity index (χ0) is 18.8. The van der Waals surface area contributed by atoms with Gasteiger partial charge in [0.1, 0.15) is 5.75 Å². The monoisotopic (exact) mass is 356 g/mol. The predicted molar refractivity (Wildman–Crippen MR) is 100 cm³/mol. The van der Waals surface area contributed by atoms with Crippen LogP contribution in [0.5, 0.6) is 5.75 Å². The number of methoxy groups -OCH3 is 1. The van der Waals surface area contributed by atoms with Crippen LogP contribution in [0.25, 0.3) is 0 Å². The third-order valence-electron chi connectivity index (χ3n) is 3.72. The average molecular weight is 356 g/mol. The zero-order valence-corrected chi connectivity index (χ0v) is 15.1. The molecule has 0 heterocycles. The van der Waals surface area contributed by atoms with Gasteiger partial charge in [0.05, 0.1) is 19.3 Å². The van der Waals surface area contributed by atoms with Gasteiger partial charge < -0.3 is 20.1 Å². The van der Waals surface area contributed by atoms with Crippen LogP contribution in [0.3, 0.4) is 0 Å². The molecule has 0 spiro atoms. The molecule has 0 saturated heterocycles. The highest BCUT2D eigenvalue weighted by atomic mass is 16.5. The van der Waals surface area contributed by atoms with Crippen molar-refractivity contribution < 1.29 is 19.1 Å². The van der Waals surface area contributed by atoms with Gasteiger partial charge in [-0.3, -0.25) is 4.79 Å². The van der Waals surface area contributed by atoms with E-state index in [4.69, 9.17) is 9.47 Å². The molecule has 0 aliphatic carbocycles. The number of esters is 1. The molecule has 0 atom stereocenters. The molecule has 2 N–H and O–H groups in total. The second-order valence-corrected chi connectivity index (χ2v) is 5.58. The normalized spacial score (nSPS) is 10.2. The number of benzene rings is 2. The van der Waals surface area contributed by atoms with E-state index in [1.807, 2.05) is 24.3 Å². The summed E-state index contributed by atoms with van der Waals surface area (Å²) in [7, 11) is 1.64. The predicted octanol–water partition coefficient (Wildman–Crippen LogP) is 2.99. The minimum absolute atomic E-state index is 0.0959. The number of rotatable bonds is 9. The smallest absolute Gasteiger partial charge is 0.338 e. The highest BCUT2D eigenvalue weighted by Crippen LogP contribution is 2.16. The lowest BCUT2D eigenvalue weighted by molar-refractivity contribution is -0.116. The van der Waals surface area contributed by atoms with E-state index >= 15 is 0 Å². The van der Waals surface area contributed by atoms with Crippen molar-refractivity contribution in [3.8, 4) is 5.75 Å². The average Bonchev–Trinajstić information content (AvgIpc) is 2.66. The standard InChI is InChI=1S/C20H24N2O4/c1-3-26-20(24)15-8-10-17(11-9-15)22-19(23)12-13-21-14-16-6-4-5-7-18(16)25-2/h4-11,21H,3,12-14H2,1-2H3,(H,22,23). The molecule has 0 saturated carbocycles. The van der Waals surface area contributed by atoms with E-state index in [2.05, 4.69) is 10.6 Å². The molecule has 1 amide bonds. The molecule has 0 aromatic heterocycles. The van der Waals surface area contributed by atoms with Gasteiger partial charge in [0.25, 0.3) is 0 Å². The maximum atomic E-state index is 12.0. The number of carbonyl (C=O) groups excluding carboxylic acids is 2. The number of hydrogen-bond donors (Lipinski definition) is 2. The Morgan fingerprint density at radius 2 is 1.77 bits per heavy atom. The largest absolute Gasteiger partial charge is 0.496 e. The van der Waals surface area contributed by atoms with E-state index in [1.54, 1.807) is 38.3 Å². The summed E-state index contributed by atoms with van der Waals surface area (Å²) in [5.74, 6) is 0.360. The summed E-state index contributed by atoms with van der Waals surface area (Å²) >= 11 is 0. The SMILES string of the molecule is CCOC(=O)c1ccc(NC(=O)CCNCc2ccccc2OC)cc1. The van der Waals surface area contributed by atoms with Crippen LogP contribution in [-0.4, -0.2) is 32.1 Å². The molecule has 6 heteroatoms. The quantitative estimate of drug-likeness (QED) is 0.534.